The van der Waals surface area contributed by atoms with Crippen LogP contribution >= 0.6 is 0 Å². The molecule has 1 saturated heterocycles. The number of nitrogens with two attached hydrogens (primary N) is 1. The number of hydrogen-bond donors (Lipinski definition) is 1. The van der Waals surface area contributed by atoms with Crippen molar-refractivity contribution in [2.24, 2.45) is 5.73 Å². The predicted molar refractivity (Wildman–Crippen MR) is 79.2 cm³/mol. The maximum absolute atomic E-state index is 6.02. The maximum Gasteiger partial charge on any atom is 0.494 e. The van der Waals surface area contributed by atoms with Crippen molar-refractivity contribution in [1.29, 1.82) is 0 Å². The molecule has 2 fully saturated rings. The van der Waals surface area contributed by atoms with Crippen LogP contribution in [0.1, 0.15) is 34.1 Å². The van der Waals surface area contributed by atoms with Crippen molar-refractivity contribution in [3.8, 4) is 5.75 Å². The van der Waals surface area contributed by atoms with E-state index in [-0.39, 0.29) is 30.5 Å². The van der Waals surface area contributed by atoms with Gasteiger partial charge >= 0.3 is 7.12 Å². The zero-order chi connectivity index (χ0) is 14.5. The summed E-state index contributed by atoms with van der Waals surface area (Å²) in [7, 11) is -0.322. The minimum atomic E-state index is -0.322. The van der Waals surface area contributed by atoms with Crippen LogP contribution in [0.3, 0.4) is 0 Å². The van der Waals surface area contributed by atoms with Crippen LogP contribution < -0.4 is 15.9 Å². The molecule has 0 spiro atoms. The van der Waals surface area contributed by atoms with Gasteiger partial charge in [-0.05, 0) is 45.3 Å². The molecule has 1 heterocycles. The zero-order valence-electron chi connectivity index (χ0n) is 12.6. The van der Waals surface area contributed by atoms with E-state index in [4.69, 9.17) is 19.8 Å². The Morgan fingerprint density at radius 3 is 2.05 bits per heavy atom. The highest BCUT2D eigenvalue weighted by atomic mass is 16.7. The molecule has 1 aromatic carbocycles. The van der Waals surface area contributed by atoms with Crippen LogP contribution in [-0.4, -0.2) is 30.5 Å². The average molecular weight is 275 g/mol. The highest BCUT2D eigenvalue weighted by Crippen LogP contribution is 2.36. The molecule has 1 aliphatic carbocycles. The lowest BCUT2D eigenvalue weighted by Gasteiger charge is -2.32. The normalized spacial score (nSPS) is 30.4. The molecule has 0 amide bonds. The topological polar surface area (TPSA) is 53.7 Å². The van der Waals surface area contributed by atoms with E-state index >= 15 is 0 Å². The summed E-state index contributed by atoms with van der Waals surface area (Å²) in [6.07, 6.45) is 1.12. The van der Waals surface area contributed by atoms with Crippen LogP contribution in [0.15, 0.2) is 24.3 Å². The Balaban J connectivity index is 1.69. The van der Waals surface area contributed by atoms with Gasteiger partial charge in [0, 0.05) is 12.5 Å². The van der Waals surface area contributed by atoms with Gasteiger partial charge in [-0.25, -0.2) is 0 Å². The van der Waals surface area contributed by atoms with E-state index in [1.807, 2.05) is 24.3 Å². The van der Waals surface area contributed by atoms with E-state index in [2.05, 4.69) is 27.7 Å². The van der Waals surface area contributed by atoms with Gasteiger partial charge in [-0.2, -0.15) is 0 Å². The number of rotatable bonds is 3. The molecule has 1 saturated carbocycles. The number of hydrogen-bond acceptors (Lipinski definition) is 4. The second kappa shape index (κ2) is 4.48. The van der Waals surface area contributed by atoms with Crippen LogP contribution in [0.25, 0.3) is 0 Å². The first-order chi connectivity index (χ1) is 9.28. The van der Waals surface area contributed by atoms with Gasteiger partial charge in [0.25, 0.3) is 0 Å². The van der Waals surface area contributed by atoms with Gasteiger partial charge in [0.2, 0.25) is 0 Å². The quantitative estimate of drug-likeness (QED) is 0.849. The summed E-state index contributed by atoms with van der Waals surface area (Å²) in [6, 6.07) is 8.07. The van der Waals surface area contributed by atoms with Crippen molar-refractivity contribution < 1.29 is 14.0 Å². The van der Waals surface area contributed by atoms with E-state index < -0.39 is 0 Å². The second-order valence-electron chi connectivity index (χ2n) is 6.71. The van der Waals surface area contributed by atoms with Gasteiger partial charge in [0.15, 0.2) is 0 Å². The van der Waals surface area contributed by atoms with E-state index in [1.54, 1.807) is 0 Å². The van der Waals surface area contributed by atoms with E-state index in [0.29, 0.717) is 0 Å². The van der Waals surface area contributed by atoms with Crippen LogP contribution in [0.2, 0.25) is 0 Å². The summed E-state index contributed by atoms with van der Waals surface area (Å²) in [4.78, 5) is 0. The number of benzene rings is 1. The van der Waals surface area contributed by atoms with Gasteiger partial charge < -0.3 is 19.8 Å². The Morgan fingerprint density at radius 2 is 1.60 bits per heavy atom. The Bertz CT molecular complexity index is 484. The first kappa shape index (κ1) is 13.9. The molecule has 20 heavy (non-hydrogen) atoms. The summed E-state index contributed by atoms with van der Waals surface area (Å²) in [5.74, 6) is 0.850. The predicted octanol–water partition coefficient (Wildman–Crippen LogP) is 1.46. The molecule has 1 aliphatic heterocycles. The van der Waals surface area contributed by atoms with Gasteiger partial charge in [0.05, 0.1) is 11.2 Å². The first-order valence-corrected chi connectivity index (χ1v) is 7.16. The lowest BCUT2D eigenvalue weighted by Crippen LogP contribution is -2.41. The zero-order valence-corrected chi connectivity index (χ0v) is 12.6. The SMILES string of the molecule is CC1(C)OB(c2ccc(O[C@H]3CC3N)cc2)OC1(C)C. The molecule has 108 valence electrons. The van der Waals surface area contributed by atoms with Crippen molar-refractivity contribution in [3.05, 3.63) is 24.3 Å². The molecular formula is C15H22BNO3. The Labute approximate surface area is 120 Å². The fraction of sp³-hybridized carbons (Fsp3) is 0.600. The summed E-state index contributed by atoms with van der Waals surface area (Å²) in [5, 5.41) is 0. The molecule has 2 aliphatic rings. The van der Waals surface area contributed by atoms with Crippen LogP contribution in [0.5, 0.6) is 5.75 Å². The Kier molecular flexibility index (Phi) is 3.12. The molecule has 1 unspecified atom stereocenters. The average Bonchev–Trinajstić information content (AvgIpc) is 2.98. The van der Waals surface area contributed by atoms with Gasteiger partial charge in [0.1, 0.15) is 11.9 Å². The molecule has 0 aromatic heterocycles. The van der Waals surface area contributed by atoms with Gasteiger partial charge in [-0.15, -0.1) is 0 Å². The smallest absolute Gasteiger partial charge is 0.489 e. The van der Waals surface area contributed by atoms with Crippen molar-refractivity contribution >= 4 is 12.6 Å². The summed E-state index contributed by atoms with van der Waals surface area (Å²) >= 11 is 0. The molecule has 2 atom stereocenters. The van der Waals surface area contributed by atoms with Crippen molar-refractivity contribution in [1.82, 2.24) is 0 Å². The molecule has 1 aromatic rings. The highest BCUT2D eigenvalue weighted by molar-refractivity contribution is 6.62. The molecule has 0 bridgehead atoms. The molecule has 5 heteroatoms. The third-order valence-corrected chi connectivity index (χ3v) is 4.47. The minimum absolute atomic E-state index is 0.178. The minimum Gasteiger partial charge on any atom is -0.489 e. The third kappa shape index (κ3) is 2.46. The standard InChI is InChI=1S/C15H22BNO3/c1-14(2)15(3,4)20-16(19-14)10-5-7-11(8-6-10)18-13-9-12(13)17/h5-8,12-13H,9,17H2,1-4H3/t12?,13-/m0/s1. The lowest BCUT2D eigenvalue weighted by molar-refractivity contribution is 0.00578. The van der Waals surface area contributed by atoms with Crippen molar-refractivity contribution in [2.45, 2.75) is 57.5 Å². The van der Waals surface area contributed by atoms with E-state index in [1.165, 1.54) is 0 Å². The molecule has 2 N–H and O–H groups in total. The fourth-order valence-corrected chi connectivity index (χ4v) is 2.18. The Morgan fingerprint density at radius 1 is 1.10 bits per heavy atom. The van der Waals surface area contributed by atoms with Crippen molar-refractivity contribution in [2.75, 3.05) is 0 Å². The molecule has 4 nitrogen and oxygen atoms in total. The van der Waals surface area contributed by atoms with Crippen molar-refractivity contribution in [3.63, 3.8) is 0 Å². The van der Waals surface area contributed by atoms with E-state index in [9.17, 15) is 0 Å². The van der Waals surface area contributed by atoms with Gasteiger partial charge in [-0.1, -0.05) is 12.1 Å². The van der Waals surface area contributed by atoms with E-state index in [0.717, 1.165) is 17.6 Å². The van der Waals surface area contributed by atoms with Gasteiger partial charge in [-0.3, -0.25) is 0 Å². The monoisotopic (exact) mass is 275 g/mol. The summed E-state index contributed by atoms with van der Waals surface area (Å²) < 4.78 is 17.8. The van der Waals surface area contributed by atoms with Crippen LogP contribution in [0, 0.1) is 0 Å². The third-order valence-electron chi connectivity index (χ3n) is 4.47. The number of ether oxygens (including phenoxy) is 1. The second-order valence-corrected chi connectivity index (χ2v) is 6.71. The summed E-state index contributed by atoms with van der Waals surface area (Å²) in [6.45, 7) is 8.22. The first-order valence-electron chi connectivity index (χ1n) is 7.16. The highest BCUT2D eigenvalue weighted by Gasteiger charge is 2.51. The molecule has 0 radical (unpaired) electrons. The maximum atomic E-state index is 6.02. The summed E-state index contributed by atoms with van der Waals surface area (Å²) in [5.41, 5.74) is 6.12. The van der Waals surface area contributed by atoms with Crippen LogP contribution in [-0.2, 0) is 9.31 Å². The lowest BCUT2D eigenvalue weighted by atomic mass is 9.79. The fourth-order valence-electron chi connectivity index (χ4n) is 2.18. The largest absolute Gasteiger partial charge is 0.494 e. The van der Waals surface area contributed by atoms with Crippen LogP contribution in [0.4, 0.5) is 0 Å². The molecular weight excluding hydrogens is 253 g/mol. The Hall–Kier alpha value is -1.04. The molecule has 3 rings (SSSR count).